The van der Waals surface area contributed by atoms with Crippen molar-refractivity contribution in [3.8, 4) is 5.75 Å². The highest BCUT2D eigenvalue weighted by Gasteiger charge is 2.46. The van der Waals surface area contributed by atoms with Gasteiger partial charge >= 0.3 is 0 Å². The van der Waals surface area contributed by atoms with E-state index >= 15 is 0 Å². The lowest BCUT2D eigenvalue weighted by molar-refractivity contribution is -0.140. The Balaban J connectivity index is 2.12. The number of aliphatic hydroxyl groups is 1. The van der Waals surface area contributed by atoms with Crippen LogP contribution in [0.2, 0.25) is 0 Å². The molecule has 2 aromatic rings. The van der Waals surface area contributed by atoms with E-state index in [2.05, 4.69) is 20.8 Å². The monoisotopic (exact) mass is 493 g/mol. The van der Waals surface area contributed by atoms with Gasteiger partial charge in [-0.1, -0.05) is 45.0 Å². The maximum absolute atomic E-state index is 13.3. The van der Waals surface area contributed by atoms with Crippen molar-refractivity contribution in [3.05, 3.63) is 69.8 Å². The zero-order chi connectivity index (χ0) is 26.8. The molecule has 0 spiro atoms. The van der Waals surface area contributed by atoms with E-state index in [1.54, 1.807) is 18.1 Å². The molecular formula is C30H39NO5. The molecule has 0 radical (unpaired) electrons. The summed E-state index contributed by atoms with van der Waals surface area (Å²) in [7, 11) is 1.59. The summed E-state index contributed by atoms with van der Waals surface area (Å²) in [6.07, 6.45) is 0.671. The average Bonchev–Trinajstić information content (AvgIpc) is 3.06. The zero-order valence-electron chi connectivity index (χ0n) is 22.8. The smallest absolute Gasteiger partial charge is 0.295 e. The second-order valence-corrected chi connectivity index (χ2v) is 10.8. The minimum atomic E-state index is -0.681. The Morgan fingerprint density at radius 1 is 1.06 bits per heavy atom. The Kier molecular flexibility index (Phi) is 8.29. The van der Waals surface area contributed by atoms with E-state index in [9.17, 15) is 14.7 Å². The molecule has 1 amide bonds. The maximum atomic E-state index is 13.3. The predicted molar refractivity (Wildman–Crippen MR) is 142 cm³/mol. The molecule has 0 aliphatic carbocycles. The molecule has 36 heavy (non-hydrogen) atoms. The Labute approximate surface area is 214 Å². The predicted octanol–water partition coefficient (Wildman–Crippen LogP) is 5.85. The van der Waals surface area contributed by atoms with E-state index in [0.29, 0.717) is 30.9 Å². The van der Waals surface area contributed by atoms with Gasteiger partial charge in [0, 0.05) is 18.7 Å². The van der Waals surface area contributed by atoms with Crippen LogP contribution in [0.4, 0.5) is 0 Å². The van der Waals surface area contributed by atoms with Crippen LogP contribution in [-0.4, -0.2) is 48.1 Å². The lowest BCUT2D eigenvalue weighted by atomic mass is 9.85. The number of hydrogen-bond donors (Lipinski definition) is 1. The molecule has 1 fully saturated rings. The first-order valence-electron chi connectivity index (χ1n) is 12.5. The number of hydrogen-bond acceptors (Lipinski definition) is 5. The summed E-state index contributed by atoms with van der Waals surface area (Å²) >= 11 is 0. The van der Waals surface area contributed by atoms with Crippen LogP contribution in [0.25, 0.3) is 5.76 Å². The van der Waals surface area contributed by atoms with Gasteiger partial charge in [-0.05, 0) is 73.9 Å². The highest BCUT2D eigenvalue weighted by atomic mass is 16.5. The third kappa shape index (κ3) is 5.65. The van der Waals surface area contributed by atoms with Gasteiger partial charge < -0.3 is 19.5 Å². The number of ether oxygens (including phenoxy) is 2. The molecule has 1 atom stereocenters. The lowest BCUT2D eigenvalue weighted by Gasteiger charge is -2.27. The van der Waals surface area contributed by atoms with Crippen LogP contribution in [0.15, 0.2) is 42.0 Å². The molecule has 0 bridgehead atoms. The van der Waals surface area contributed by atoms with Crippen LogP contribution in [0.3, 0.4) is 0 Å². The molecule has 194 valence electrons. The first-order valence-corrected chi connectivity index (χ1v) is 12.5. The van der Waals surface area contributed by atoms with Gasteiger partial charge in [-0.3, -0.25) is 9.59 Å². The van der Waals surface area contributed by atoms with Crippen molar-refractivity contribution in [1.82, 2.24) is 4.90 Å². The average molecular weight is 494 g/mol. The van der Waals surface area contributed by atoms with Gasteiger partial charge in [-0.2, -0.15) is 0 Å². The topological polar surface area (TPSA) is 76.1 Å². The third-order valence-electron chi connectivity index (χ3n) is 6.62. The van der Waals surface area contributed by atoms with E-state index in [0.717, 1.165) is 22.3 Å². The fourth-order valence-electron chi connectivity index (χ4n) is 4.59. The van der Waals surface area contributed by atoms with E-state index in [1.807, 2.05) is 58.0 Å². The van der Waals surface area contributed by atoms with Crippen molar-refractivity contribution in [2.75, 3.05) is 20.3 Å². The van der Waals surface area contributed by atoms with Crippen LogP contribution in [-0.2, 0) is 19.7 Å². The zero-order valence-corrected chi connectivity index (χ0v) is 22.8. The number of benzene rings is 2. The summed E-state index contributed by atoms with van der Waals surface area (Å²) in [5, 5.41) is 11.5. The SMILES string of the molecule is COc1cc(C)c(/C(O)=C2\C(=O)C(=O)N(CCCOC(C)C)C2c2ccc(C(C)(C)C)cc2)cc1C. The molecule has 1 N–H and O–H groups in total. The second kappa shape index (κ2) is 10.9. The molecule has 1 aliphatic rings. The van der Waals surface area contributed by atoms with Crippen molar-refractivity contribution in [1.29, 1.82) is 0 Å². The number of methoxy groups -OCH3 is 1. The number of amides is 1. The number of carbonyl (C=O) groups excluding carboxylic acids is 2. The Bertz CT molecular complexity index is 1160. The summed E-state index contributed by atoms with van der Waals surface area (Å²) in [5.41, 5.74) is 4.12. The molecule has 6 nitrogen and oxygen atoms in total. The standard InChI is InChI=1S/C30H39NO5/c1-18(2)36-15-9-14-31-26(21-10-12-22(13-11-21)30(5,6)7)25(28(33)29(31)34)27(32)23-16-20(4)24(35-8)17-19(23)3/h10-13,16-18,26,32H,9,14-15H2,1-8H3/b27-25+. The highest BCUT2D eigenvalue weighted by molar-refractivity contribution is 6.46. The van der Waals surface area contributed by atoms with Crippen molar-refractivity contribution in [2.45, 2.75) is 72.4 Å². The lowest BCUT2D eigenvalue weighted by Crippen LogP contribution is -2.31. The quantitative estimate of drug-likeness (QED) is 0.216. The number of aliphatic hydroxyl groups excluding tert-OH is 1. The molecule has 1 heterocycles. The molecule has 0 aromatic heterocycles. The van der Waals surface area contributed by atoms with Gasteiger partial charge in [0.05, 0.1) is 24.8 Å². The Hall–Kier alpha value is -3.12. The number of Topliss-reactive ketones (excluding diaryl/α,β-unsaturated/α-hetero) is 1. The molecule has 6 heteroatoms. The summed E-state index contributed by atoms with van der Waals surface area (Å²) < 4.78 is 11.1. The number of rotatable bonds is 8. The second-order valence-electron chi connectivity index (χ2n) is 10.8. The van der Waals surface area contributed by atoms with E-state index in [1.165, 1.54) is 0 Å². The van der Waals surface area contributed by atoms with Gasteiger partial charge in [0.2, 0.25) is 0 Å². The van der Waals surface area contributed by atoms with E-state index in [-0.39, 0.29) is 22.9 Å². The fraction of sp³-hybridized carbons (Fsp3) is 0.467. The molecular weight excluding hydrogens is 454 g/mol. The highest BCUT2D eigenvalue weighted by Crippen LogP contribution is 2.41. The maximum Gasteiger partial charge on any atom is 0.295 e. The summed E-state index contributed by atoms with van der Waals surface area (Å²) in [4.78, 5) is 28.1. The molecule has 3 rings (SSSR count). The molecule has 1 aliphatic heterocycles. The van der Waals surface area contributed by atoms with Crippen LogP contribution in [0.5, 0.6) is 5.75 Å². The van der Waals surface area contributed by atoms with Crippen molar-refractivity contribution >= 4 is 17.4 Å². The van der Waals surface area contributed by atoms with Crippen molar-refractivity contribution in [2.24, 2.45) is 0 Å². The van der Waals surface area contributed by atoms with Crippen molar-refractivity contribution in [3.63, 3.8) is 0 Å². The normalized spacial score (nSPS) is 17.8. The number of likely N-dealkylation sites (tertiary alicyclic amines) is 1. The number of aryl methyl sites for hydroxylation is 2. The van der Waals surface area contributed by atoms with Gasteiger partial charge in [0.1, 0.15) is 11.5 Å². The van der Waals surface area contributed by atoms with Crippen LogP contribution in [0.1, 0.15) is 74.9 Å². The van der Waals surface area contributed by atoms with E-state index < -0.39 is 17.7 Å². The molecule has 1 saturated heterocycles. The number of nitrogens with zero attached hydrogens (tertiary/aromatic N) is 1. The molecule has 2 aromatic carbocycles. The van der Waals surface area contributed by atoms with Crippen molar-refractivity contribution < 1.29 is 24.2 Å². The third-order valence-corrected chi connectivity index (χ3v) is 6.62. The fourth-order valence-corrected chi connectivity index (χ4v) is 4.59. The van der Waals surface area contributed by atoms with Crippen LogP contribution < -0.4 is 4.74 Å². The minimum Gasteiger partial charge on any atom is -0.507 e. The van der Waals surface area contributed by atoms with Gasteiger partial charge in [0.15, 0.2) is 0 Å². The summed E-state index contributed by atoms with van der Waals surface area (Å²) in [6.45, 7) is 14.9. The van der Waals surface area contributed by atoms with Crippen LogP contribution >= 0.6 is 0 Å². The molecule has 1 unspecified atom stereocenters. The van der Waals surface area contributed by atoms with Gasteiger partial charge in [0.25, 0.3) is 11.7 Å². The van der Waals surface area contributed by atoms with Gasteiger partial charge in [-0.15, -0.1) is 0 Å². The largest absolute Gasteiger partial charge is 0.507 e. The first kappa shape index (κ1) is 27.5. The van der Waals surface area contributed by atoms with Crippen LogP contribution in [0, 0.1) is 13.8 Å². The summed E-state index contributed by atoms with van der Waals surface area (Å²) in [5.74, 6) is -0.740. The minimum absolute atomic E-state index is 0.0355. The number of carbonyl (C=O) groups is 2. The van der Waals surface area contributed by atoms with E-state index in [4.69, 9.17) is 9.47 Å². The Morgan fingerprint density at radius 2 is 1.69 bits per heavy atom. The van der Waals surface area contributed by atoms with Gasteiger partial charge in [-0.25, -0.2) is 0 Å². The molecule has 0 saturated carbocycles. The number of ketones is 1. The first-order chi connectivity index (χ1) is 16.9. The Morgan fingerprint density at radius 3 is 2.25 bits per heavy atom. The summed E-state index contributed by atoms with van der Waals surface area (Å²) in [6, 6.07) is 10.9.